The maximum atomic E-state index is 10.4. The molecule has 4 heteroatoms. The summed E-state index contributed by atoms with van der Waals surface area (Å²) in [5.41, 5.74) is 0.242. The van der Waals surface area contributed by atoms with Crippen molar-refractivity contribution in [2.45, 2.75) is 84.0 Å². The van der Waals surface area contributed by atoms with Crippen molar-refractivity contribution in [1.29, 1.82) is 0 Å². The summed E-state index contributed by atoms with van der Waals surface area (Å²) >= 11 is 3.96. The quantitative estimate of drug-likeness (QED) is 0.288. The average molecular weight is 397 g/mol. The molecule has 0 saturated carbocycles. The number of carboxylic acids is 1. The third-order valence-corrected chi connectivity index (χ3v) is 5.47. The molecule has 0 amide bonds. The highest BCUT2D eigenvalue weighted by Crippen LogP contribution is 2.16. The molecule has 0 atom stereocenters. The van der Waals surface area contributed by atoms with E-state index in [0.29, 0.717) is 4.90 Å². The summed E-state index contributed by atoms with van der Waals surface area (Å²) < 4.78 is 1.42. The highest BCUT2D eigenvalue weighted by molar-refractivity contribution is 7.80. The molecule has 1 rings (SSSR count). The first-order chi connectivity index (χ1) is 13.0. The summed E-state index contributed by atoms with van der Waals surface area (Å²) in [7, 11) is 0. The van der Waals surface area contributed by atoms with Gasteiger partial charge in [0.15, 0.2) is 0 Å². The van der Waals surface area contributed by atoms with Gasteiger partial charge in [0.2, 0.25) is 0 Å². The number of hydrogen-bond acceptors (Lipinski definition) is 2. The van der Waals surface area contributed by atoms with Crippen molar-refractivity contribution < 1.29 is 14.4 Å². The third-order valence-electron chi connectivity index (χ3n) is 5.08. The summed E-state index contributed by atoms with van der Waals surface area (Å²) in [6.07, 6.45) is 11.1. The molecule has 3 nitrogen and oxygen atoms in total. The Labute approximate surface area is 173 Å². The Hall–Kier alpha value is -1.00. The minimum atomic E-state index is -0.939. The first kappa shape index (κ1) is 26.0. The van der Waals surface area contributed by atoms with Crippen molar-refractivity contribution in [1.82, 2.24) is 0 Å². The maximum Gasteiger partial charge on any atom is 0.336 e. The number of aromatic carboxylic acids is 1. The highest BCUT2D eigenvalue weighted by atomic mass is 32.1. The topological polar surface area (TPSA) is 37.3 Å². The van der Waals surface area contributed by atoms with Gasteiger partial charge in [-0.1, -0.05) is 65.5 Å². The van der Waals surface area contributed by atoms with Crippen LogP contribution in [-0.4, -0.2) is 41.7 Å². The molecule has 156 valence electrons. The summed E-state index contributed by atoms with van der Waals surface area (Å²) in [4.78, 5) is 10.9. The van der Waals surface area contributed by atoms with Crippen LogP contribution in [0.15, 0.2) is 29.2 Å². The fraction of sp³-hybridized carbons (Fsp3) is 0.696. The summed E-state index contributed by atoms with van der Waals surface area (Å²) in [5.74, 6) is -0.939. The summed E-state index contributed by atoms with van der Waals surface area (Å²) in [6, 6.07) is 6.58. The molecule has 27 heavy (non-hydrogen) atoms. The molecule has 0 aliphatic rings. The van der Waals surface area contributed by atoms with Crippen LogP contribution in [0.2, 0.25) is 0 Å². The van der Waals surface area contributed by atoms with Crippen LogP contribution < -0.4 is 0 Å². The number of unbranched alkanes of at least 4 members (excludes halogenated alkanes) is 4. The van der Waals surface area contributed by atoms with Crippen LogP contribution in [0.4, 0.5) is 0 Å². The Morgan fingerprint density at radius 3 is 1.44 bits per heavy atom. The van der Waals surface area contributed by atoms with Gasteiger partial charge >= 0.3 is 5.97 Å². The molecule has 0 bridgehead atoms. The van der Waals surface area contributed by atoms with E-state index in [1.54, 1.807) is 18.2 Å². The van der Waals surface area contributed by atoms with Crippen molar-refractivity contribution >= 4 is 18.6 Å². The molecular formula is C23H42NO2S+. The van der Waals surface area contributed by atoms with E-state index < -0.39 is 5.97 Å². The van der Waals surface area contributed by atoms with E-state index in [4.69, 9.17) is 5.11 Å². The van der Waals surface area contributed by atoms with E-state index in [1.165, 1.54) is 88.1 Å². The fourth-order valence-electron chi connectivity index (χ4n) is 3.30. The van der Waals surface area contributed by atoms with Crippen LogP contribution >= 0.6 is 12.6 Å². The second-order valence-corrected chi connectivity index (χ2v) is 7.95. The van der Waals surface area contributed by atoms with Crippen molar-refractivity contribution in [3.63, 3.8) is 0 Å². The van der Waals surface area contributed by atoms with E-state index in [9.17, 15) is 4.79 Å². The lowest BCUT2D eigenvalue weighted by molar-refractivity contribution is -0.929. The normalized spacial score (nSPS) is 11.0. The molecule has 1 N–H and O–H groups in total. The molecule has 0 radical (unpaired) electrons. The molecule has 0 heterocycles. The number of benzene rings is 1. The first-order valence-electron chi connectivity index (χ1n) is 10.8. The second-order valence-electron chi connectivity index (χ2n) is 7.47. The molecule has 0 fully saturated rings. The van der Waals surface area contributed by atoms with Crippen LogP contribution in [0.1, 0.15) is 89.4 Å². The van der Waals surface area contributed by atoms with E-state index >= 15 is 0 Å². The summed E-state index contributed by atoms with van der Waals surface area (Å²) in [6.45, 7) is 15.0. The smallest absolute Gasteiger partial charge is 0.336 e. The van der Waals surface area contributed by atoms with E-state index in [0.717, 1.165) is 0 Å². The van der Waals surface area contributed by atoms with Gasteiger partial charge < -0.3 is 9.59 Å². The molecule has 0 aliphatic carbocycles. The number of rotatable bonds is 13. The molecule has 0 saturated heterocycles. The van der Waals surface area contributed by atoms with Gasteiger partial charge in [-0.2, -0.15) is 0 Å². The van der Waals surface area contributed by atoms with Gasteiger partial charge in [-0.3, -0.25) is 0 Å². The maximum absolute atomic E-state index is 10.4. The molecular weight excluding hydrogens is 354 g/mol. The fourth-order valence-corrected chi connectivity index (χ4v) is 3.56. The largest absolute Gasteiger partial charge is 0.478 e. The second kappa shape index (κ2) is 16.0. The van der Waals surface area contributed by atoms with E-state index in [1.807, 2.05) is 0 Å². The monoisotopic (exact) mass is 396 g/mol. The van der Waals surface area contributed by atoms with Crippen LogP contribution in [0, 0.1) is 0 Å². The lowest BCUT2D eigenvalue weighted by Gasteiger charge is -2.39. The molecule has 0 spiro atoms. The number of carbonyl (C=O) groups is 1. The van der Waals surface area contributed by atoms with Crippen LogP contribution in [-0.2, 0) is 0 Å². The predicted molar refractivity (Wildman–Crippen MR) is 120 cm³/mol. The number of carboxylic acid groups (broad SMARTS) is 1. The van der Waals surface area contributed by atoms with E-state index in [2.05, 4.69) is 40.3 Å². The summed E-state index contributed by atoms with van der Waals surface area (Å²) in [5, 5.41) is 8.52. The zero-order valence-electron chi connectivity index (χ0n) is 18.0. The van der Waals surface area contributed by atoms with Gasteiger partial charge in [0.05, 0.1) is 31.7 Å². The zero-order chi connectivity index (χ0) is 20.5. The van der Waals surface area contributed by atoms with Crippen LogP contribution in [0.5, 0.6) is 0 Å². The number of hydrogen-bond donors (Lipinski definition) is 2. The Morgan fingerprint density at radius 2 is 1.19 bits per heavy atom. The predicted octanol–water partition coefficient (Wildman–Crippen LogP) is 6.68. The number of nitrogens with zero attached hydrogens (tertiary/aromatic N) is 1. The van der Waals surface area contributed by atoms with Crippen LogP contribution in [0.25, 0.3) is 0 Å². The van der Waals surface area contributed by atoms with Gasteiger partial charge in [-0.25, -0.2) is 4.79 Å². The van der Waals surface area contributed by atoms with Gasteiger partial charge in [0, 0.05) is 4.90 Å². The lowest BCUT2D eigenvalue weighted by atomic mass is 10.1. The first-order valence-corrected chi connectivity index (χ1v) is 11.3. The lowest BCUT2D eigenvalue weighted by Crippen LogP contribution is -2.50. The standard InChI is InChI=1S/C16H36N.C7H6O2S/c1-5-9-13-17(14-10-6-2,15-11-7-3)16-12-8-4;8-7(9)5-3-1-2-4-6(5)10/h5-16H2,1-4H3;1-4,10H,(H,8,9)/q+1;. The van der Waals surface area contributed by atoms with Crippen molar-refractivity contribution in [2.75, 3.05) is 26.2 Å². The Balaban J connectivity index is 0.000000569. The van der Waals surface area contributed by atoms with E-state index in [-0.39, 0.29) is 5.56 Å². The van der Waals surface area contributed by atoms with Crippen molar-refractivity contribution in [3.8, 4) is 0 Å². The third kappa shape index (κ3) is 11.4. The Morgan fingerprint density at radius 1 is 0.815 bits per heavy atom. The average Bonchev–Trinajstić information content (AvgIpc) is 2.67. The van der Waals surface area contributed by atoms with Crippen LogP contribution in [0.3, 0.4) is 0 Å². The van der Waals surface area contributed by atoms with Gasteiger partial charge in [0.1, 0.15) is 0 Å². The number of quaternary nitrogens is 1. The SMILES string of the molecule is CCCC[N+](CCCC)(CCCC)CCCC.O=C(O)c1ccccc1S. The zero-order valence-corrected chi connectivity index (χ0v) is 18.9. The van der Waals surface area contributed by atoms with Crippen molar-refractivity contribution in [2.24, 2.45) is 0 Å². The van der Waals surface area contributed by atoms with Gasteiger partial charge in [-0.15, -0.1) is 12.6 Å². The Bertz CT molecular complexity index is 467. The van der Waals surface area contributed by atoms with Crippen molar-refractivity contribution in [3.05, 3.63) is 29.8 Å². The minimum absolute atomic E-state index is 0.242. The van der Waals surface area contributed by atoms with Gasteiger partial charge in [0.25, 0.3) is 0 Å². The molecule has 1 aromatic rings. The minimum Gasteiger partial charge on any atom is -0.478 e. The number of thiol groups is 1. The molecule has 0 unspecified atom stereocenters. The molecule has 0 aliphatic heterocycles. The molecule has 0 aromatic heterocycles. The Kier molecular flexibility index (Phi) is 15.4. The van der Waals surface area contributed by atoms with Gasteiger partial charge in [-0.05, 0) is 37.8 Å². The molecule has 1 aromatic carbocycles. The highest BCUT2D eigenvalue weighted by Gasteiger charge is 2.24.